The van der Waals surface area contributed by atoms with E-state index in [0.29, 0.717) is 11.0 Å². The molecule has 0 radical (unpaired) electrons. The predicted octanol–water partition coefficient (Wildman–Crippen LogP) is -1.82. The number of methoxy groups -OCH3 is 1. The number of carbonyl (C=O) groups is 1. The molecule has 1 amide bonds. The van der Waals surface area contributed by atoms with E-state index in [4.69, 9.17) is 9.47 Å². The van der Waals surface area contributed by atoms with E-state index in [9.17, 15) is 20.3 Å². The molecule has 5 unspecified atom stereocenters. The number of fused-ring (bicyclic) bond motifs is 1. The number of nitriles is 1. The molecule has 190 valence electrons. The zero-order valence-electron chi connectivity index (χ0n) is 22.2. The van der Waals surface area contributed by atoms with Crippen LogP contribution in [0, 0.1) is 17.2 Å². The number of aliphatic hydroxyl groups is 1. The first kappa shape index (κ1) is 34.2. The smallest absolute Gasteiger partial charge is 0.853 e. The van der Waals surface area contributed by atoms with Crippen molar-refractivity contribution >= 4 is 22.8 Å². The van der Waals surface area contributed by atoms with E-state index < -0.39 is 37.2 Å². The maximum atomic E-state index is 12.7. The fraction of sp³-hybridized carbons (Fsp3) is 0.652. The summed E-state index contributed by atoms with van der Waals surface area (Å²) in [5.74, 6) is -0.0702. The van der Waals surface area contributed by atoms with E-state index in [0.717, 1.165) is 0 Å². The van der Waals surface area contributed by atoms with Crippen LogP contribution in [0.25, 0.3) is 11.0 Å². The molecule has 3 heterocycles. The van der Waals surface area contributed by atoms with Crippen molar-refractivity contribution in [3.63, 3.8) is 0 Å². The molecular formula is C23H37N6O5Rb. The van der Waals surface area contributed by atoms with Crippen molar-refractivity contribution in [2.24, 2.45) is 5.92 Å². The third-order valence-corrected chi connectivity index (χ3v) is 5.25. The number of aliphatic hydroxyl groups excluding tert-OH is 1. The summed E-state index contributed by atoms with van der Waals surface area (Å²) in [4.78, 5) is 21.1. The summed E-state index contributed by atoms with van der Waals surface area (Å²) in [5, 5.41) is 37.4. The average Bonchev–Trinajstić information content (AvgIpc) is 3.39. The van der Waals surface area contributed by atoms with E-state index in [2.05, 4.69) is 26.7 Å². The summed E-state index contributed by atoms with van der Waals surface area (Å²) in [6.07, 6.45) is -1.02. The molecule has 11 nitrogen and oxygen atoms in total. The number of aromatic nitrogens is 3. The molecule has 0 saturated carbocycles. The number of carbonyl (C=O) groups excluding carboxylic acids is 1. The molecule has 3 rings (SSSR count). The molecule has 1 aliphatic rings. The third kappa shape index (κ3) is 7.60. The first-order valence-corrected chi connectivity index (χ1v) is 11.6. The summed E-state index contributed by atoms with van der Waals surface area (Å²) < 4.78 is 12.6. The van der Waals surface area contributed by atoms with Gasteiger partial charge in [0.1, 0.15) is 36.1 Å². The largest absolute Gasteiger partial charge is 1.00 e. The fourth-order valence-electron chi connectivity index (χ4n) is 3.75. The first-order chi connectivity index (χ1) is 16.4. The van der Waals surface area contributed by atoms with Gasteiger partial charge in [0.05, 0.1) is 23.1 Å². The van der Waals surface area contributed by atoms with E-state index in [1.807, 2.05) is 41.5 Å². The van der Waals surface area contributed by atoms with Crippen LogP contribution in [0.3, 0.4) is 0 Å². The number of rotatable bonds is 7. The van der Waals surface area contributed by atoms with Gasteiger partial charge in [0.25, 0.3) is 0 Å². The molecule has 0 bridgehead atoms. The van der Waals surface area contributed by atoms with Gasteiger partial charge in [0, 0.05) is 13.3 Å². The van der Waals surface area contributed by atoms with Crippen molar-refractivity contribution in [2.45, 2.75) is 72.1 Å². The Labute approximate surface area is 256 Å². The van der Waals surface area contributed by atoms with Crippen LogP contribution in [-0.2, 0) is 14.3 Å². The monoisotopic (exact) mass is 562 g/mol. The van der Waals surface area contributed by atoms with Crippen LogP contribution in [-0.4, -0.2) is 70.7 Å². The molecule has 0 aliphatic carbocycles. The SMILES string of the molecule is CC.CC.CNC(C(=O)Nc1ncnc2c1c(C#N)cn2C1OC(C[O-])C(O)C1OC)C(C)C.[Rb+]. The number of hydrogen-bond donors (Lipinski definition) is 3. The number of likely N-dealkylation sites (N-methyl/N-ethyl adjacent to an activating group) is 1. The Balaban J connectivity index is 0.00000220. The fourth-order valence-corrected chi connectivity index (χ4v) is 3.75. The number of ether oxygens (including phenoxy) is 2. The van der Waals surface area contributed by atoms with Gasteiger partial charge in [0.2, 0.25) is 5.91 Å². The van der Waals surface area contributed by atoms with Gasteiger partial charge in [-0.2, -0.15) is 5.26 Å². The van der Waals surface area contributed by atoms with Crippen LogP contribution in [0.1, 0.15) is 53.3 Å². The molecular weight excluding hydrogens is 526 g/mol. The van der Waals surface area contributed by atoms with Crippen LogP contribution < -0.4 is 73.9 Å². The molecule has 2 aromatic heterocycles. The van der Waals surface area contributed by atoms with Gasteiger partial charge >= 0.3 is 58.2 Å². The van der Waals surface area contributed by atoms with E-state index >= 15 is 0 Å². The summed E-state index contributed by atoms with van der Waals surface area (Å²) >= 11 is 0. The molecule has 12 heteroatoms. The normalized spacial score (nSPS) is 21.7. The van der Waals surface area contributed by atoms with E-state index in [-0.39, 0.29) is 81.4 Å². The standard InChI is InChI=1S/C19H25N6O5.2C2H6.Rb/c1-9(2)13(21-3)18(28)24-16-12-10(5-20)6-25(17(12)23-8-22-16)19-15(29-4)14(27)11(7-26)30-19;2*1-2;/h6,8-9,11,13-15,19,21,27H,7H2,1-4H3,(H,22,23,24,28);2*1-2H3;/q-1;;;+1. The minimum atomic E-state index is -1.12. The number of nitrogens with zero attached hydrogens (tertiary/aromatic N) is 4. The van der Waals surface area contributed by atoms with E-state index in [1.165, 1.54) is 24.2 Å². The molecule has 1 saturated heterocycles. The molecule has 1 fully saturated rings. The first-order valence-electron chi connectivity index (χ1n) is 11.6. The van der Waals surface area contributed by atoms with Crippen LogP contribution in [0.5, 0.6) is 0 Å². The van der Waals surface area contributed by atoms with Crippen LogP contribution in [0.2, 0.25) is 0 Å². The maximum Gasteiger partial charge on any atom is 1.00 e. The van der Waals surface area contributed by atoms with Crippen molar-refractivity contribution in [2.75, 3.05) is 26.1 Å². The average molecular weight is 563 g/mol. The van der Waals surface area contributed by atoms with Crippen molar-refractivity contribution in [1.29, 1.82) is 5.26 Å². The molecule has 1 aliphatic heterocycles. The van der Waals surface area contributed by atoms with Crippen molar-refractivity contribution in [3.8, 4) is 6.07 Å². The minimum Gasteiger partial charge on any atom is -0.853 e. The van der Waals surface area contributed by atoms with Gasteiger partial charge in [-0.15, -0.1) is 6.61 Å². The van der Waals surface area contributed by atoms with Crippen molar-refractivity contribution < 1.29 is 82.7 Å². The van der Waals surface area contributed by atoms with Crippen LogP contribution in [0.15, 0.2) is 12.5 Å². The second-order valence-electron chi connectivity index (χ2n) is 7.41. The molecule has 0 aromatic carbocycles. The zero-order valence-corrected chi connectivity index (χ0v) is 27.1. The molecule has 0 spiro atoms. The third-order valence-electron chi connectivity index (χ3n) is 5.25. The summed E-state index contributed by atoms with van der Waals surface area (Å²) in [5.41, 5.74) is 0.526. The van der Waals surface area contributed by atoms with Gasteiger partial charge in [0.15, 0.2) is 6.23 Å². The van der Waals surface area contributed by atoms with Gasteiger partial charge in [-0.05, 0) is 13.0 Å². The summed E-state index contributed by atoms with van der Waals surface area (Å²) in [7, 11) is 3.09. The minimum absolute atomic E-state index is 0. The summed E-state index contributed by atoms with van der Waals surface area (Å²) in [6, 6.07) is 1.62. The number of anilines is 1. The quantitative estimate of drug-likeness (QED) is 0.353. The van der Waals surface area contributed by atoms with Crippen LogP contribution >= 0.6 is 0 Å². The number of amides is 1. The van der Waals surface area contributed by atoms with E-state index in [1.54, 1.807) is 7.05 Å². The number of hydrogen-bond acceptors (Lipinski definition) is 9. The topological polar surface area (TPSA) is 157 Å². The maximum absolute atomic E-state index is 12.7. The molecule has 3 N–H and O–H groups in total. The Morgan fingerprint density at radius 1 is 1.34 bits per heavy atom. The van der Waals surface area contributed by atoms with Gasteiger partial charge in [-0.1, -0.05) is 41.5 Å². The zero-order chi connectivity index (χ0) is 26.0. The molecule has 35 heavy (non-hydrogen) atoms. The Morgan fingerprint density at radius 2 is 1.97 bits per heavy atom. The van der Waals surface area contributed by atoms with Crippen LogP contribution in [0.4, 0.5) is 5.82 Å². The second kappa shape index (κ2) is 16.8. The Morgan fingerprint density at radius 3 is 2.46 bits per heavy atom. The second-order valence-corrected chi connectivity index (χ2v) is 7.41. The molecule has 5 atom stereocenters. The van der Waals surface area contributed by atoms with Gasteiger partial charge in [-0.25, -0.2) is 9.97 Å². The van der Waals surface area contributed by atoms with Gasteiger partial charge in [-0.3, -0.25) is 4.79 Å². The van der Waals surface area contributed by atoms with Gasteiger partial charge < -0.3 is 34.9 Å². The Bertz CT molecular complexity index is 964. The van der Waals surface area contributed by atoms with Crippen molar-refractivity contribution in [3.05, 3.63) is 18.1 Å². The Hall–Kier alpha value is -0.815. The Kier molecular flexibility index (Phi) is 16.4. The number of nitrogens with one attached hydrogen (secondary N) is 2. The summed E-state index contributed by atoms with van der Waals surface area (Å²) in [6.45, 7) is 11.2. The molecule has 2 aromatic rings. The van der Waals surface area contributed by atoms with Crippen molar-refractivity contribution in [1.82, 2.24) is 19.9 Å². The predicted molar refractivity (Wildman–Crippen MR) is 127 cm³/mol.